The van der Waals surface area contributed by atoms with E-state index >= 15 is 0 Å². The highest BCUT2D eigenvalue weighted by Crippen LogP contribution is 2.33. The van der Waals surface area contributed by atoms with E-state index in [0.717, 1.165) is 5.56 Å². The molecule has 1 fully saturated rings. The van der Waals surface area contributed by atoms with E-state index in [9.17, 15) is 13.2 Å². The molecule has 1 spiro atoms. The maximum atomic E-state index is 12.8. The Kier molecular flexibility index (Phi) is 4.49. The van der Waals surface area contributed by atoms with Crippen molar-refractivity contribution in [3.05, 3.63) is 59.4 Å². The van der Waals surface area contributed by atoms with Crippen LogP contribution in [0.5, 0.6) is 0 Å². The van der Waals surface area contributed by atoms with Gasteiger partial charge in [-0.1, -0.05) is 17.7 Å². The van der Waals surface area contributed by atoms with Gasteiger partial charge < -0.3 is 5.32 Å². The van der Waals surface area contributed by atoms with Crippen LogP contribution in [0.1, 0.15) is 18.4 Å². The van der Waals surface area contributed by atoms with E-state index in [1.165, 1.54) is 16.4 Å². The lowest BCUT2D eigenvalue weighted by Gasteiger charge is -2.34. The first-order chi connectivity index (χ1) is 12.9. The quantitative estimate of drug-likeness (QED) is 0.844. The predicted octanol–water partition coefficient (Wildman–Crippen LogP) is 1.83. The molecule has 3 heterocycles. The molecule has 2 aliphatic heterocycles. The maximum Gasteiger partial charge on any atom is 0.253 e. The number of nitrogens with zero attached hydrogens (tertiary/aromatic N) is 3. The third kappa shape index (κ3) is 3.24. The van der Waals surface area contributed by atoms with Crippen molar-refractivity contribution in [2.45, 2.75) is 23.3 Å². The number of hydrogen-bond acceptors (Lipinski definition) is 5. The number of nitrogens with one attached hydrogen (secondary N) is 1. The second kappa shape index (κ2) is 6.70. The van der Waals surface area contributed by atoms with Gasteiger partial charge in [-0.15, -0.1) is 0 Å². The van der Waals surface area contributed by atoms with Crippen molar-refractivity contribution in [1.29, 1.82) is 0 Å². The van der Waals surface area contributed by atoms with Gasteiger partial charge >= 0.3 is 0 Å². The molecule has 9 heteroatoms. The number of rotatable bonds is 3. The summed E-state index contributed by atoms with van der Waals surface area (Å²) in [5.41, 5.74) is -0.136. The van der Waals surface area contributed by atoms with Crippen molar-refractivity contribution in [2.24, 2.45) is 4.99 Å². The topological polar surface area (TPSA) is 91.7 Å². The molecule has 27 heavy (non-hydrogen) atoms. The molecule has 0 bridgehead atoms. The number of halogens is 1. The van der Waals surface area contributed by atoms with E-state index in [4.69, 9.17) is 11.6 Å². The Morgan fingerprint density at radius 3 is 2.48 bits per heavy atom. The number of benzene rings is 1. The summed E-state index contributed by atoms with van der Waals surface area (Å²) in [5, 5.41) is 3.19. The number of piperidine rings is 1. The molecule has 2 aliphatic rings. The van der Waals surface area contributed by atoms with Crippen molar-refractivity contribution in [3.8, 4) is 0 Å². The molecule has 0 saturated carbocycles. The van der Waals surface area contributed by atoms with Gasteiger partial charge in [0, 0.05) is 36.1 Å². The van der Waals surface area contributed by atoms with E-state index < -0.39 is 15.6 Å². The second-order valence-electron chi connectivity index (χ2n) is 6.54. The fraction of sp³-hybridized carbons (Fsp3) is 0.278. The normalized spacial score (nSPS) is 19.7. The summed E-state index contributed by atoms with van der Waals surface area (Å²) in [6, 6.07) is 9.74. The molecule has 140 valence electrons. The minimum Gasteiger partial charge on any atom is -0.308 e. The molecule has 1 amide bonds. The van der Waals surface area contributed by atoms with Crippen LogP contribution in [0.25, 0.3) is 0 Å². The number of carbonyl (C=O) groups is 1. The molecule has 0 atom stereocenters. The van der Waals surface area contributed by atoms with Gasteiger partial charge in [-0.25, -0.2) is 8.42 Å². The van der Waals surface area contributed by atoms with Crippen LogP contribution in [-0.2, 0) is 14.8 Å². The highest BCUT2D eigenvalue weighted by Gasteiger charge is 2.47. The molecular formula is C18H17ClN4O3S. The Hall–Kier alpha value is -2.29. The van der Waals surface area contributed by atoms with Crippen molar-refractivity contribution >= 4 is 33.4 Å². The molecule has 0 aliphatic carbocycles. The van der Waals surface area contributed by atoms with Crippen molar-refractivity contribution in [2.75, 3.05) is 13.1 Å². The Bertz CT molecular complexity index is 1020. The average molecular weight is 405 g/mol. The highest BCUT2D eigenvalue weighted by atomic mass is 35.5. The number of amidine groups is 1. The number of hydrogen-bond donors (Lipinski definition) is 1. The summed E-state index contributed by atoms with van der Waals surface area (Å²) >= 11 is 5.92. The zero-order valence-corrected chi connectivity index (χ0v) is 15.9. The number of amides is 1. The summed E-state index contributed by atoms with van der Waals surface area (Å²) in [6.45, 7) is 0.435. The number of carbonyl (C=O) groups excluding carboxylic acids is 1. The molecule has 1 aromatic heterocycles. The van der Waals surface area contributed by atoms with Crippen LogP contribution in [-0.4, -0.2) is 48.1 Å². The van der Waals surface area contributed by atoms with Crippen LogP contribution >= 0.6 is 11.6 Å². The zero-order valence-electron chi connectivity index (χ0n) is 14.3. The summed E-state index contributed by atoms with van der Waals surface area (Å²) in [6.07, 6.45) is 3.92. The number of sulfonamides is 1. The van der Waals surface area contributed by atoms with Crippen LogP contribution in [0.15, 0.2) is 58.7 Å². The van der Waals surface area contributed by atoms with Crippen molar-refractivity contribution < 1.29 is 13.2 Å². The van der Waals surface area contributed by atoms with Gasteiger partial charge in [0.05, 0.1) is 4.90 Å². The Morgan fingerprint density at radius 1 is 1.11 bits per heavy atom. The van der Waals surface area contributed by atoms with Crippen LogP contribution in [0.3, 0.4) is 0 Å². The van der Waals surface area contributed by atoms with E-state index in [-0.39, 0.29) is 23.9 Å². The first kappa shape index (κ1) is 18.1. The standard InChI is InChI=1S/C18H17ClN4O3S/c19-14-2-1-3-15(12-14)27(25,26)23-10-6-18(7-11-23)17(24)21-16(22-18)13-4-8-20-9-5-13/h1-5,8-9,12H,6-7,10-11H2,(H,21,22,24). The summed E-state index contributed by atoms with van der Waals surface area (Å²) < 4.78 is 27.1. The fourth-order valence-corrected chi connectivity index (χ4v) is 5.12. The Balaban J connectivity index is 1.55. The molecule has 2 aromatic rings. The second-order valence-corrected chi connectivity index (χ2v) is 8.92. The molecule has 7 nitrogen and oxygen atoms in total. The maximum absolute atomic E-state index is 12.8. The van der Waals surface area contributed by atoms with Crippen LogP contribution in [0.2, 0.25) is 5.02 Å². The van der Waals surface area contributed by atoms with Crippen LogP contribution in [0, 0.1) is 0 Å². The summed E-state index contributed by atoms with van der Waals surface area (Å²) in [7, 11) is -3.65. The zero-order chi connectivity index (χ0) is 19.1. The lowest BCUT2D eigenvalue weighted by molar-refractivity contribution is -0.124. The Labute approximate surface area is 162 Å². The van der Waals surface area contributed by atoms with E-state index in [1.54, 1.807) is 36.7 Å². The molecule has 1 N–H and O–H groups in total. The third-order valence-electron chi connectivity index (χ3n) is 4.92. The predicted molar refractivity (Wildman–Crippen MR) is 101 cm³/mol. The van der Waals surface area contributed by atoms with Crippen molar-refractivity contribution in [3.63, 3.8) is 0 Å². The van der Waals surface area contributed by atoms with E-state index in [0.29, 0.717) is 23.7 Å². The van der Waals surface area contributed by atoms with E-state index in [2.05, 4.69) is 15.3 Å². The molecule has 1 aromatic carbocycles. The van der Waals surface area contributed by atoms with Crippen LogP contribution in [0.4, 0.5) is 0 Å². The van der Waals surface area contributed by atoms with E-state index in [1.807, 2.05) is 0 Å². The summed E-state index contributed by atoms with van der Waals surface area (Å²) in [4.78, 5) is 21.3. The van der Waals surface area contributed by atoms with Gasteiger partial charge in [0.15, 0.2) is 0 Å². The van der Waals surface area contributed by atoms with Crippen molar-refractivity contribution in [1.82, 2.24) is 14.6 Å². The molecule has 0 radical (unpaired) electrons. The Morgan fingerprint density at radius 2 is 1.81 bits per heavy atom. The third-order valence-corrected chi connectivity index (χ3v) is 7.05. The smallest absolute Gasteiger partial charge is 0.253 e. The first-order valence-corrected chi connectivity index (χ1v) is 10.3. The van der Waals surface area contributed by atoms with Gasteiger partial charge in [-0.3, -0.25) is 14.8 Å². The minimum atomic E-state index is -3.65. The number of aromatic nitrogens is 1. The van der Waals surface area contributed by atoms with Gasteiger partial charge in [0.2, 0.25) is 10.0 Å². The lowest BCUT2D eigenvalue weighted by Crippen LogP contribution is -2.50. The number of pyridine rings is 1. The largest absolute Gasteiger partial charge is 0.308 e. The van der Waals surface area contributed by atoms with Gasteiger partial charge in [-0.2, -0.15) is 4.31 Å². The summed E-state index contributed by atoms with van der Waals surface area (Å²) in [5.74, 6) is 0.322. The highest BCUT2D eigenvalue weighted by molar-refractivity contribution is 7.89. The molecular weight excluding hydrogens is 388 g/mol. The first-order valence-electron chi connectivity index (χ1n) is 8.48. The SMILES string of the molecule is O=C1NC(c2ccncc2)=NC12CCN(S(=O)(=O)c1cccc(Cl)c1)CC2. The molecule has 4 rings (SSSR count). The average Bonchev–Trinajstić information content (AvgIpc) is 2.99. The van der Waals surface area contributed by atoms with Gasteiger partial charge in [0.25, 0.3) is 5.91 Å². The lowest BCUT2D eigenvalue weighted by atomic mass is 9.89. The van der Waals surface area contributed by atoms with Gasteiger partial charge in [0.1, 0.15) is 11.4 Å². The molecule has 0 unspecified atom stereocenters. The number of aliphatic imine (C=N–C) groups is 1. The monoisotopic (exact) mass is 404 g/mol. The fourth-order valence-electron chi connectivity index (χ4n) is 3.37. The minimum absolute atomic E-state index is 0.155. The van der Waals surface area contributed by atoms with Crippen LogP contribution < -0.4 is 5.32 Å². The molecule has 1 saturated heterocycles. The van der Waals surface area contributed by atoms with Gasteiger partial charge in [-0.05, 0) is 43.2 Å².